The number of unbranched alkanes of at least 4 members (excludes halogenated alkanes) is 1. The molecule has 0 saturated heterocycles. The summed E-state index contributed by atoms with van der Waals surface area (Å²) in [4.78, 5) is 40.1. The van der Waals surface area contributed by atoms with Crippen molar-refractivity contribution in [1.29, 1.82) is 0 Å². The Balaban J connectivity index is 1.15. The highest BCUT2D eigenvalue weighted by molar-refractivity contribution is 6.30. The minimum Gasteiger partial charge on any atom is -0.459 e. The van der Waals surface area contributed by atoms with E-state index in [1.54, 1.807) is 54.6 Å². The first-order valence-corrected chi connectivity index (χ1v) is 15.6. The molecule has 0 aliphatic heterocycles. The summed E-state index contributed by atoms with van der Waals surface area (Å²) in [6.07, 6.45) is 9.93. The van der Waals surface area contributed by atoms with Gasteiger partial charge in [0.25, 0.3) is 0 Å². The average Bonchev–Trinajstić information content (AvgIpc) is 3.02. The molecule has 3 aliphatic carbocycles. The zero-order valence-corrected chi connectivity index (χ0v) is 24.3. The smallest absolute Gasteiger partial charge is 0.338 e. The summed E-state index contributed by atoms with van der Waals surface area (Å²) in [5, 5.41) is 3.22. The van der Waals surface area contributed by atoms with Gasteiger partial charge in [-0.05, 0) is 62.0 Å². The lowest BCUT2D eigenvalue weighted by molar-refractivity contribution is -0.00639. The molecule has 42 heavy (non-hydrogen) atoms. The van der Waals surface area contributed by atoms with Crippen LogP contribution in [-0.4, -0.2) is 23.6 Å². The number of nitrogens with one attached hydrogen (secondary N) is 1. The predicted octanol–water partition coefficient (Wildman–Crippen LogP) is 7.46. The standard InChI is InChI=1S/C36H40N2O4/c1-2-3-9-22-16-17-24-21-25(19-18-23(24)20-22)42-36(41)29-13-7-6-12-28(29)35(37)38-31-15-8-14-30-32(31)34(40)27-11-5-4-10-26(27)33(30)39/h4-8,10-15,22-25,35,38H,2-3,9,16-21,37H2,1H3. The molecule has 5 atom stereocenters. The molecule has 3 aromatic rings. The van der Waals surface area contributed by atoms with E-state index < -0.39 is 6.17 Å². The van der Waals surface area contributed by atoms with Crippen molar-refractivity contribution in [2.24, 2.45) is 23.5 Å². The molecular weight excluding hydrogens is 524 g/mol. The number of esters is 1. The van der Waals surface area contributed by atoms with Gasteiger partial charge in [0.2, 0.25) is 0 Å². The van der Waals surface area contributed by atoms with Crippen molar-refractivity contribution in [2.45, 2.75) is 77.0 Å². The van der Waals surface area contributed by atoms with Gasteiger partial charge >= 0.3 is 5.97 Å². The minimum atomic E-state index is -0.797. The molecule has 5 unspecified atom stereocenters. The number of hydrogen-bond acceptors (Lipinski definition) is 6. The van der Waals surface area contributed by atoms with Crippen LogP contribution in [0.2, 0.25) is 0 Å². The van der Waals surface area contributed by atoms with Crippen LogP contribution in [0.15, 0.2) is 66.7 Å². The van der Waals surface area contributed by atoms with E-state index in [2.05, 4.69) is 12.2 Å². The van der Waals surface area contributed by atoms with Gasteiger partial charge in [-0.1, -0.05) is 87.2 Å². The number of rotatable bonds is 8. The van der Waals surface area contributed by atoms with Crippen LogP contribution in [0.25, 0.3) is 0 Å². The Morgan fingerprint density at radius 2 is 1.55 bits per heavy atom. The normalized spacial score (nSPS) is 23.8. The fourth-order valence-electron chi connectivity index (χ4n) is 7.48. The highest BCUT2D eigenvalue weighted by atomic mass is 16.5. The molecule has 6 nitrogen and oxygen atoms in total. The number of ether oxygens (including phenoxy) is 1. The lowest BCUT2D eigenvalue weighted by Crippen LogP contribution is -2.35. The van der Waals surface area contributed by atoms with E-state index in [9.17, 15) is 14.4 Å². The Bertz CT molecular complexity index is 1500. The Morgan fingerprint density at radius 1 is 0.857 bits per heavy atom. The second-order valence-corrected chi connectivity index (χ2v) is 12.3. The third kappa shape index (κ3) is 5.52. The Hall–Kier alpha value is -3.77. The topological polar surface area (TPSA) is 98.5 Å². The predicted molar refractivity (Wildman–Crippen MR) is 164 cm³/mol. The summed E-state index contributed by atoms with van der Waals surface area (Å²) in [7, 11) is 0. The van der Waals surface area contributed by atoms with Gasteiger partial charge in [0.05, 0.1) is 11.1 Å². The molecule has 0 heterocycles. The highest BCUT2D eigenvalue weighted by Crippen LogP contribution is 2.45. The number of fused-ring (bicyclic) bond motifs is 3. The summed E-state index contributed by atoms with van der Waals surface area (Å²) in [6.45, 7) is 2.27. The third-order valence-corrected chi connectivity index (χ3v) is 9.69. The summed E-state index contributed by atoms with van der Waals surface area (Å²) >= 11 is 0. The molecule has 3 aliphatic rings. The Labute approximate surface area is 248 Å². The molecule has 3 N–H and O–H groups in total. The van der Waals surface area contributed by atoms with Gasteiger partial charge in [-0.25, -0.2) is 4.79 Å². The van der Waals surface area contributed by atoms with Crippen LogP contribution in [-0.2, 0) is 4.74 Å². The van der Waals surface area contributed by atoms with Crippen molar-refractivity contribution < 1.29 is 19.1 Å². The first-order chi connectivity index (χ1) is 20.4. The lowest BCUT2D eigenvalue weighted by Gasteiger charge is -2.42. The van der Waals surface area contributed by atoms with E-state index in [4.69, 9.17) is 10.5 Å². The van der Waals surface area contributed by atoms with Gasteiger partial charge < -0.3 is 15.8 Å². The SMILES string of the molecule is CCCCC1CCC2CC(OC(=O)c3ccccc3C(N)Nc3cccc4c3C(=O)c3ccccc3C4=O)CCC2C1. The zero-order chi connectivity index (χ0) is 29.2. The molecule has 2 fully saturated rings. The lowest BCUT2D eigenvalue weighted by atomic mass is 9.66. The minimum absolute atomic E-state index is 0.0759. The van der Waals surface area contributed by atoms with Crippen molar-refractivity contribution in [1.82, 2.24) is 0 Å². The molecule has 0 spiro atoms. The maximum absolute atomic E-state index is 13.5. The van der Waals surface area contributed by atoms with E-state index in [-0.39, 0.29) is 23.6 Å². The van der Waals surface area contributed by atoms with Gasteiger partial charge in [-0.3, -0.25) is 9.59 Å². The van der Waals surface area contributed by atoms with Crippen LogP contribution in [0.5, 0.6) is 0 Å². The molecule has 0 amide bonds. The van der Waals surface area contributed by atoms with Gasteiger partial charge in [0, 0.05) is 27.9 Å². The second-order valence-electron chi connectivity index (χ2n) is 12.3. The summed E-state index contributed by atoms with van der Waals surface area (Å²) < 4.78 is 6.10. The maximum Gasteiger partial charge on any atom is 0.338 e. The number of anilines is 1. The zero-order valence-electron chi connectivity index (χ0n) is 24.3. The fraction of sp³-hybridized carbons (Fsp3) is 0.417. The molecule has 0 bridgehead atoms. The number of carbonyl (C=O) groups excluding carboxylic acids is 3. The first-order valence-electron chi connectivity index (χ1n) is 15.6. The van der Waals surface area contributed by atoms with Crippen LogP contribution in [0.1, 0.15) is 119 Å². The molecule has 6 rings (SSSR count). The average molecular weight is 565 g/mol. The summed E-state index contributed by atoms with van der Waals surface area (Å²) in [5.74, 6) is 1.49. The van der Waals surface area contributed by atoms with Crippen molar-refractivity contribution in [3.05, 3.63) is 100 Å². The van der Waals surface area contributed by atoms with E-state index in [0.717, 1.165) is 31.1 Å². The van der Waals surface area contributed by atoms with Crippen molar-refractivity contribution in [3.8, 4) is 0 Å². The Kier molecular flexibility index (Phi) is 8.25. The van der Waals surface area contributed by atoms with Gasteiger partial charge in [0.1, 0.15) is 12.3 Å². The summed E-state index contributed by atoms with van der Waals surface area (Å²) in [6, 6.07) is 19.2. The van der Waals surface area contributed by atoms with Crippen LogP contribution in [0.4, 0.5) is 5.69 Å². The monoisotopic (exact) mass is 564 g/mol. The van der Waals surface area contributed by atoms with Gasteiger partial charge in [0.15, 0.2) is 11.6 Å². The number of ketones is 2. The number of benzene rings is 3. The molecule has 218 valence electrons. The van der Waals surface area contributed by atoms with Crippen LogP contribution >= 0.6 is 0 Å². The van der Waals surface area contributed by atoms with Crippen molar-refractivity contribution in [3.63, 3.8) is 0 Å². The molecular formula is C36H40N2O4. The first kappa shape index (κ1) is 28.4. The molecule has 6 heteroatoms. The second kappa shape index (κ2) is 12.2. The fourth-order valence-corrected chi connectivity index (χ4v) is 7.48. The van der Waals surface area contributed by atoms with Crippen LogP contribution < -0.4 is 11.1 Å². The maximum atomic E-state index is 13.5. The van der Waals surface area contributed by atoms with Crippen LogP contribution in [0, 0.1) is 17.8 Å². The highest BCUT2D eigenvalue weighted by Gasteiger charge is 2.37. The van der Waals surface area contributed by atoms with Gasteiger partial charge in [-0.2, -0.15) is 0 Å². The van der Waals surface area contributed by atoms with E-state index >= 15 is 0 Å². The molecule has 0 aromatic heterocycles. The van der Waals surface area contributed by atoms with Gasteiger partial charge in [-0.15, -0.1) is 0 Å². The Morgan fingerprint density at radius 3 is 2.36 bits per heavy atom. The molecule has 2 saturated carbocycles. The van der Waals surface area contributed by atoms with E-state index in [1.807, 2.05) is 12.1 Å². The molecule has 3 aromatic carbocycles. The van der Waals surface area contributed by atoms with Crippen molar-refractivity contribution in [2.75, 3.05) is 5.32 Å². The number of nitrogens with two attached hydrogens (primary N) is 1. The summed E-state index contributed by atoms with van der Waals surface area (Å²) in [5.41, 5.74) is 9.52. The van der Waals surface area contributed by atoms with Crippen LogP contribution in [0.3, 0.4) is 0 Å². The molecule has 0 radical (unpaired) electrons. The van der Waals surface area contributed by atoms with E-state index in [1.165, 1.54) is 38.5 Å². The quantitative estimate of drug-likeness (QED) is 0.170. The van der Waals surface area contributed by atoms with E-state index in [0.29, 0.717) is 45.0 Å². The van der Waals surface area contributed by atoms with Crippen molar-refractivity contribution >= 4 is 23.2 Å². The number of carbonyl (C=O) groups is 3. The third-order valence-electron chi connectivity index (χ3n) is 9.69. The number of hydrogen-bond donors (Lipinski definition) is 2. The largest absolute Gasteiger partial charge is 0.459 e.